The molecule has 2 N–H and O–H groups in total. The van der Waals surface area contributed by atoms with E-state index >= 15 is 0 Å². The lowest BCUT2D eigenvalue weighted by atomic mass is 9.85. The largest absolute Gasteiger partial charge is 0.446 e. The van der Waals surface area contributed by atoms with E-state index in [0.717, 1.165) is 24.4 Å². The molecule has 1 aliphatic rings. The van der Waals surface area contributed by atoms with Crippen molar-refractivity contribution in [2.45, 2.75) is 103 Å². The summed E-state index contributed by atoms with van der Waals surface area (Å²) >= 11 is 6.46. The molecule has 1 saturated carbocycles. The first-order valence-electron chi connectivity index (χ1n) is 14.9. The highest BCUT2D eigenvalue weighted by molar-refractivity contribution is 6.30. The molecule has 0 saturated heterocycles. The molecule has 44 heavy (non-hydrogen) atoms. The number of nitrogens with one attached hydrogen (secondary N) is 2. The van der Waals surface area contributed by atoms with Gasteiger partial charge in [-0.2, -0.15) is 5.10 Å². The molecule has 12 nitrogen and oxygen atoms in total. The zero-order valence-corrected chi connectivity index (χ0v) is 27.4. The van der Waals surface area contributed by atoms with E-state index in [4.69, 9.17) is 35.9 Å². The fourth-order valence-corrected chi connectivity index (χ4v) is 5.27. The summed E-state index contributed by atoms with van der Waals surface area (Å²) in [6.45, 7) is 15.0. The van der Waals surface area contributed by atoms with E-state index in [0.29, 0.717) is 42.5 Å². The first kappa shape index (κ1) is 33.3. The van der Waals surface area contributed by atoms with Crippen LogP contribution in [0, 0.1) is 0 Å². The molecule has 0 radical (unpaired) electrons. The van der Waals surface area contributed by atoms with Gasteiger partial charge in [0.15, 0.2) is 0 Å². The van der Waals surface area contributed by atoms with Gasteiger partial charge in [0.1, 0.15) is 29.7 Å². The molecule has 0 bridgehead atoms. The third kappa shape index (κ3) is 9.18. The van der Waals surface area contributed by atoms with Crippen LogP contribution >= 0.6 is 11.6 Å². The van der Waals surface area contributed by atoms with E-state index in [9.17, 15) is 9.59 Å². The first-order valence-corrected chi connectivity index (χ1v) is 15.3. The molecule has 240 valence electrons. The minimum Gasteiger partial charge on any atom is -0.446 e. The number of alkyl carbamates (subject to hydrolysis) is 1. The molecular formula is C31H44ClN7O5. The molecule has 0 aromatic carbocycles. The number of hydrogen-bond acceptors (Lipinski definition) is 9. The molecule has 1 fully saturated rings. The van der Waals surface area contributed by atoms with Crippen molar-refractivity contribution in [2.24, 2.45) is 0 Å². The van der Waals surface area contributed by atoms with Crippen molar-refractivity contribution >= 4 is 35.4 Å². The van der Waals surface area contributed by atoms with Crippen molar-refractivity contribution in [2.75, 3.05) is 18.5 Å². The van der Waals surface area contributed by atoms with Gasteiger partial charge in [-0.05, 0) is 79.4 Å². The molecule has 3 aromatic rings. The van der Waals surface area contributed by atoms with Crippen LogP contribution in [-0.4, -0.2) is 61.4 Å². The summed E-state index contributed by atoms with van der Waals surface area (Å²) in [6, 6.07) is 5.57. The van der Waals surface area contributed by atoms with Crippen LogP contribution in [0.4, 0.5) is 21.2 Å². The average molecular weight is 630 g/mol. The molecule has 1 aliphatic carbocycles. The third-order valence-electron chi connectivity index (χ3n) is 7.13. The number of imidazole rings is 1. The first-order chi connectivity index (χ1) is 20.6. The van der Waals surface area contributed by atoms with Crippen molar-refractivity contribution in [1.82, 2.24) is 29.6 Å². The second-order valence-electron chi connectivity index (χ2n) is 13.4. The van der Waals surface area contributed by atoms with Gasteiger partial charge in [-0.15, -0.1) is 0 Å². The Morgan fingerprint density at radius 2 is 1.93 bits per heavy atom. The fourth-order valence-electron chi connectivity index (χ4n) is 5.04. The highest BCUT2D eigenvalue weighted by atomic mass is 35.5. The topological polar surface area (TPSA) is 134 Å². The molecule has 13 heteroatoms. The van der Waals surface area contributed by atoms with Gasteiger partial charge in [0.25, 0.3) is 0 Å². The van der Waals surface area contributed by atoms with E-state index in [1.807, 2.05) is 31.5 Å². The van der Waals surface area contributed by atoms with Crippen LogP contribution in [0.5, 0.6) is 0 Å². The number of carbonyl (C=O) groups is 2. The molecule has 2 atom stereocenters. The number of hydrogen-bond donors (Lipinski definition) is 2. The second kappa shape index (κ2) is 13.6. The zero-order valence-electron chi connectivity index (χ0n) is 26.6. The van der Waals surface area contributed by atoms with Crippen molar-refractivity contribution in [1.29, 1.82) is 0 Å². The Hall–Kier alpha value is -3.64. The van der Waals surface area contributed by atoms with Gasteiger partial charge >= 0.3 is 12.2 Å². The summed E-state index contributed by atoms with van der Waals surface area (Å²) in [7, 11) is 0. The quantitative estimate of drug-likeness (QED) is 0.239. The Kier molecular flexibility index (Phi) is 10.2. The van der Waals surface area contributed by atoms with Gasteiger partial charge in [0.2, 0.25) is 0 Å². The molecule has 3 heterocycles. The summed E-state index contributed by atoms with van der Waals surface area (Å²) in [6.07, 6.45) is 6.35. The van der Waals surface area contributed by atoms with Gasteiger partial charge in [0.05, 0.1) is 23.5 Å². The highest BCUT2D eigenvalue weighted by Crippen LogP contribution is 2.43. The van der Waals surface area contributed by atoms with Crippen molar-refractivity contribution < 1.29 is 23.8 Å². The Labute approximate surface area is 263 Å². The van der Waals surface area contributed by atoms with Crippen LogP contribution in [0.3, 0.4) is 0 Å². The van der Waals surface area contributed by atoms with E-state index in [1.165, 1.54) is 10.9 Å². The number of ether oxygens (including phenoxy) is 3. The summed E-state index contributed by atoms with van der Waals surface area (Å²) in [5.41, 5.74) is 0.466. The molecule has 4 rings (SSSR count). The standard InChI is InChI=1S/C31H44ClN7O5/c1-29(2,3)39-26(17-24(37-39)31(7)10-9-23(18-31)43-28(41)38-13-12-33-20-38)36-25-16-21(32)15-22(35-25)19-42-14-8-11-34-27(40)44-30(4,5)6/h12-13,15-17,20,23H,8-11,14,18-19H2,1-7H3,(H,34,40)(H,35,36)/t23?,31-/m1/s1. The second-order valence-corrected chi connectivity index (χ2v) is 13.8. The van der Waals surface area contributed by atoms with E-state index in [-0.39, 0.29) is 23.7 Å². The van der Waals surface area contributed by atoms with E-state index in [2.05, 4.69) is 43.3 Å². The van der Waals surface area contributed by atoms with Crippen molar-refractivity contribution in [3.63, 3.8) is 0 Å². The van der Waals surface area contributed by atoms with Crippen LogP contribution in [0.25, 0.3) is 0 Å². The fraction of sp³-hybridized carbons (Fsp3) is 0.581. The predicted octanol–water partition coefficient (Wildman–Crippen LogP) is 6.55. The number of carbonyl (C=O) groups excluding carboxylic acids is 2. The summed E-state index contributed by atoms with van der Waals surface area (Å²) in [5, 5.41) is 11.7. The third-order valence-corrected chi connectivity index (χ3v) is 7.34. The Morgan fingerprint density at radius 3 is 2.61 bits per heavy atom. The maximum Gasteiger partial charge on any atom is 0.419 e. The lowest BCUT2D eigenvalue weighted by molar-refractivity contribution is 0.0517. The number of halogens is 1. The van der Waals surface area contributed by atoms with Crippen molar-refractivity contribution in [3.8, 4) is 0 Å². The minimum absolute atomic E-state index is 0.212. The molecule has 0 spiro atoms. The zero-order chi connectivity index (χ0) is 32.1. The van der Waals surface area contributed by atoms with Crippen LogP contribution in [0.15, 0.2) is 36.9 Å². The highest BCUT2D eigenvalue weighted by Gasteiger charge is 2.41. The van der Waals surface area contributed by atoms with E-state index < -0.39 is 17.8 Å². The Morgan fingerprint density at radius 1 is 1.16 bits per heavy atom. The molecule has 3 aromatic heterocycles. The summed E-state index contributed by atoms with van der Waals surface area (Å²) in [5.74, 6) is 1.35. The summed E-state index contributed by atoms with van der Waals surface area (Å²) in [4.78, 5) is 32.9. The monoisotopic (exact) mass is 629 g/mol. The normalized spacial score (nSPS) is 18.7. The van der Waals surface area contributed by atoms with Crippen LogP contribution in [0.2, 0.25) is 5.02 Å². The van der Waals surface area contributed by atoms with Crippen LogP contribution < -0.4 is 10.6 Å². The van der Waals surface area contributed by atoms with Crippen LogP contribution in [-0.2, 0) is 31.8 Å². The molecule has 0 aliphatic heterocycles. The Bertz CT molecular complexity index is 1430. The van der Waals surface area contributed by atoms with E-state index in [1.54, 1.807) is 24.5 Å². The molecule has 1 unspecified atom stereocenters. The molecular weight excluding hydrogens is 586 g/mol. The number of anilines is 2. The van der Waals surface area contributed by atoms with Gasteiger partial charge in [-0.1, -0.05) is 18.5 Å². The van der Waals surface area contributed by atoms with Crippen LogP contribution in [0.1, 0.15) is 85.5 Å². The Balaban J connectivity index is 1.38. The predicted molar refractivity (Wildman–Crippen MR) is 167 cm³/mol. The maximum atomic E-state index is 12.5. The number of amides is 1. The van der Waals surface area contributed by atoms with Gasteiger partial charge in [-0.3, -0.25) is 0 Å². The SMILES string of the molecule is CC(C)(C)OC(=O)NCCCOCc1cc(Cl)cc(Nc2cc([C@]3(C)CCC(OC(=O)n4ccnc4)C3)nn2C(C)(C)C)n1. The number of pyridine rings is 1. The lowest BCUT2D eigenvalue weighted by Crippen LogP contribution is -2.33. The number of rotatable bonds is 10. The lowest BCUT2D eigenvalue weighted by Gasteiger charge is -2.24. The van der Waals surface area contributed by atoms with Gasteiger partial charge in [0, 0.05) is 42.0 Å². The summed E-state index contributed by atoms with van der Waals surface area (Å²) < 4.78 is 20.1. The average Bonchev–Trinajstić information content (AvgIpc) is 3.65. The number of aromatic nitrogens is 5. The molecule has 1 amide bonds. The maximum absolute atomic E-state index is 12.5. The van der Waals surface area contributed by atoms with Crippen molar-refractivity contribution in [3.05, 3.63) is 53.3 Å². The van der Waals surface area contributed by atoms with Gasteiger partial charge in [-0.25, -0.2) is 28.8 Å². The smallest absolute Gasteiger partial charge is 0.419 e. The minimum atomic E-state index is -0.535. The number of nitrogens with zero attached hydrogens (tertiary/aromatic N) is 5. The van der Waals surface area contributed by atoms with Gasteiger partial charge < -0.3 is 24.8 Å².